The number of hydrogen-bond donors (Lipinski definition) is 0. The van der Waals surface area contributed by atoms with Crippen LogP contribution in [0.25, 0.3) is 17.1 Å². The number of carbonyl (C=O) groups excluding carboxylic acids is 1. The van der Waals surface area contributed by atoms with E-state index in [0.717, 1.165) is 18.2 Å². The van der Waals surface area contributed by atoms with Crippen molar-refractivity contribution in [2.24, 2.45) is 0 Å². The molecule has 1 heterocycles. The summed E-state index contributed by atoms with van der Waals surface area (Å²) in [6, 6.07) is 12.1. The average Bonchev–Trinajstić information content (AvgIpc) is 2.58. The predicted octanol–water partition coefficient (Wildman–Crippen LogP) is 4.54. The number of alkyl halides is 3. The molecule has 3 nitrogen and oxygen atoms in total. The fraction of sp³-hybridized carbons (Fsp3) is 0.0556. The number of rotatable bonds is 3. The van der Waals surface area contributed by atoms with Crippen molar-refractivity contribution in [3.05, 3.63) is 77.6 Å². The van der Waals surface area contributed by atoms with Gasteiger partial charge in [-0.25, -0.2) is 4.98 Å². The molecule has 0 atom stereocenters. The molecule has 6 heteroatoms. The third-order valence-corrected chi connectivity index (χ3v) is 3.38. The second kappa shape index (κ2) is 6.23. The fourth-order valence-corrected chi connectivity index (χ4v) is 2.23. The second-order valence-electron chi connectivity index (χ2n) is 5.03. The molecule has 0 spiro atoms. The number of aromatic nitrogens is 2. The lowest BCUT2D eigenvalue weighted by molar-refractivity contribution is -0.137. The van der Waals surface area contributed by atoms with E-state index in [-0.39, 0.29) is 11.3 Å². The molecule has 0 bridgehead atoms. The molecular formula is C18H11F3N2O. The largest absolute Gasteiger partial charge is 0.416 e. The van der Waals surface area contributed by atoms with E-state index in [1.54, 1.807) is 24.3 Å². The van der Waals surface area contributed by atoms with Gasteiger partial charge in [0.05, 0.1) is 22.8 Å². The Morgan fingerprint density at radius 3 is 2.38 bits per heavy atom. The van der Waals surface area contributed by atoms with Gasteiger partial charge in [0.25, 0.3) is 0 Å². The Bertz CT molecular complexity index is 933. The van der Waals surface area contributed by atoms with Gasteiger partial charge in [-0.2, -0.15) is 13.2 Å². The highest BCUT2D eigenvalue weighted by Crippen LogP contribution is 2.32. The second-order valence-corrected chi connectivity index (χ2v) is 5.03. The zero-order valence-electron chi connectivity index (χ0n) is 12.3. The number of nitrogens with zero attached hydrogens (tertiary/aromatic N) is 2. The van der Waals surface area contributed by atoms with Crippen LogP contribution in [0.5, 0.6) is 0 Å². The van der Waals surface area contributed by atoms with Crippen molar-refractivity contribution in [1.82, 2.24) is 9.97 Å². The van der Waals surface area contributed by atoms with Crippen molar-refractivity contribution in [1.29, 1.82) is 0 Å². The summed E-state index contributed by atoms with van der Waals surface area (Å²) >= 11 is 0. The van der Waals surface area contributed by atoms with Crippen molar-refractivity contribution in [2.45, 2.75) is 6.18 Å². The molecule has 2 aromatic carbocycles. The number of ketones is 1. The molecule has 0 unspecified atom stereocenters. The maximum atomic E-state index is 12.9. The highest BCUT2D eigenvalue weighted by Gasteiger charge is 2.32. The number of allylic oxidation sites excluding steroid dienone is 1. The summed E-state index contributed by atoms with van der Waals surface area (Å²) in [7, 11) is 0. The van der Waals surface area contributed by atoms with E-state index in [1.807, 2.05) is 0 Å². The Balaban J connectivity index is 1.90. The molecule has 0 aliphatic heterocycles. The molecule has 120 valence electrons. The minimum Gasteiger partial charge on any atom is -0.287 e. The van der Waals surface area contributed by atoms with Crippen molar-refractivity contribution in [3.63, 3.8) is 0 Å². The van der Waals surface area contributed by atoms with Gasteiger partial charge in [0.2, 0.25) is 5.78 Å². The summed E-state index contributed by atoms with van der Waals surface area (Å²) in [5.74, 6) is -0.509. The van der Waals surface area contributed by atoms with Crippen LogP contribution >= 0.6 is 0 Å². The smallest absolute Gasteiger partial charge is 0.287 e. The highest BCUT2D eigenvalue weighted by atomic mass is 19.4. The van der Waals surface area contributed by atoms with E-state index >= 15 is 0 Å². The molecular weight excluding hydrogens is 317 g/mol. The van der Waals surface area contributed by atoms with Gasteiger partial charge in [0.1, 0.15) is 5.69 Å². The van der Waals surface area contributed by atoms with Crippen molar-refractivity contribution < 1.29 is 18.0 Å². The van der Waals surface area contributed by atoms with Crippen LogP contribution in [0.2, 0.25) is 0 Å². The Labute approximate surface area is 135 Å². The first kappa shape index (κ1) is 15.9. The summed E-state index contributed by atoms with van der Waals surface area (Å²) in [5, 5.41) is 0. The quantitative estimate of drug-likeness (QED) is 0.523. The average molecular weight is 328 g/mol. The molecule has 0 aliphatic rings. The number of hydrogen-bond acceptors (Lipinski definition) is 3. The Hall–Kier alpha value is -3.02. The third kappa shape index (κ3) is 3.32. The number of fused-ring (bicyclic) bond motifs is 1. The van der Waals surface area contributed by atoms with Gasteiger partial charge in [-0.05, 0) is 29.8 Å². The molecule has 3 rings (SSSR count). The molecule has 3 aromatic rings. The van der Waals surface area contributed by atoms with Crippen molar-refractivity contribution >= 4 is 22.9 Å². The molecule has 24 heavy (non-hydrogen) atoms. The standard InChI is InChI=1S/C18H11F3N2O/c19-18(20,21)13-6-2-1-5-12(13)9-10-17(24)16-11-22-14-7-3-4-8-15(14)23-16/h1-11H/b10-9+. The van der Waals surface area contributed by atoms with Crippen LogP contribution in [0.1, 0.15) is 21.6 Å². The summed E-state index contributed by atoms with van der Waals surface area (Å²) < 4.78 is 38.8. The Morgan fingerprint density at radius 2 is 1.62 bits per heavy atom. The topological polar surface area (TPSA) is 42.9 Å². The normalized spacial score (nSPS) is 12.0. The molecule has 0 N–H and O–H groups in total. The van der Waals surface area contributed by atoms with Crippen LogP contribution in [0, 0.1) is 0 Å². The minimum atomic E-state index is -4.48. The van der Waals surface area contributed by atoms with Gasteiger partial charge in [0, 0.05) is 0 Å². The molecule has 0 amide bonds. The van der Waals surface area contributed by atoms with E-state index in [2.05, 4.69) is 9.97 Å². The molecule has 1 aromatic heterocycles. The van der Waals surface area contributed by atoms with Crippen LogP contribution in [-0.4, -0.2) is 15.8 Å². The van der Waals surface area contributed by atoms with Gasteiger partial charge >= 0.3 is 6.18 Å². The number of para-hydroxylation sites is 2. The maximum absolute atomic E-state index is 12.9. The summed E-state index contributed by atoms with van der Waals surface area (Å²) in [4.78, 5) is 20.4. The molecule has 0 saturated heterocycles. The van der Waals surface area contributed by atoms with Crippen LogP contribution in [0.3, 0.4) is 0 Å². The Kier molecular flexibility index (Phi) is 4.12. The van der Waals surface area contributed by atoms with E-state index in [4.69, 9.17) is 0 Å². The van der Waals surface area contributed by atoms with Gasteiger partial charge < -0.3 is 0 Å². The fourth-order valence-electron chi connectivity index (χ4n) is 2.23. The van der Waals surface area contributed by atoms with Crippen LogP contribution in [-0.2, 0) is 6.18 Å². The molecule has 0 radical (unpaired) electrons. The van der Waals surface area contributed by atoms with Gasteiger partial charge in [-0.1, -0.05) is 36.4 Å². The minimum absolute atomic E-state index is 0.0768. The van der Waals surface area contributed by atoms with E-state index < -0.39 is 17.5 Å². The van der Waals surface area contributed by atoms with Gasteiger partial charge in [-0.3, -0.25) is 9.78 Å². The van der Waals surface area contributed by atoms with E-state index in [1.165, 1.54) is 24.4 Å². The first-order valence-corrected chi connectivity index (χ1v) is 7.05. The first-order chi connectivity index (χ1) is 11.4. The SMILES string of the molecule is O=C(/C=C/c1ccccc1C(F)(F)F)c1cnc2ccccc2n1. The maximum Gasteiger partial charge on any atom is 0.416 e. The van der Waals surface area contributed by atoms with Gasteiger partial charge in [-0.15, -0.1) is 0 Å². The lowest BCUT2D eigenvalue weighted by atomic mass is 10.1. The number of halogens is 3. The summed E-state index contributed by atoms with van der Waals surface area (Å²) in [6.07, 6.45) is -0.956. The third-order valence-electron chi connectivity index (χ3n) is 3.38. The number of benzene rings is 2. The van der Waals surface area contributed by atoms with Crippen molar-refractivity contribution in [3.8, 4) is 0 Å². The van der Waals surface area contributed by atoms with Crippen molar-refractivity contribution in [2.75, 3.05) is 0 Å². The summed E-state index contributed by atoms with van der Waals surface area (Å²) in [5.41, 5.74) is 0.396. The van der Waals surface area contributed by atoms with Crippen LogP contribution in [0.4, 0.5) is 13.2 Å². The van der Waals surface area contributed by atoms with E-state index in [0.29, 0.717) is 11.0 Å². The number of carbonyl (C=O) groups is 1. The van der Waals surface area contributed by atoms with E-state index in [9.17, 15) is 18.0 Å². The van der Waals surface area contributed by atoms with Gasteiger partial charge in [0.15, 0.2) is 0 Å². The highest BCUT2D eigenvalue weighted by molar-refractivity contribution is 6.06. The zero-order valence-corrected chi connectivity index (χ0v) is 12.3. The lowest BCUT2D eigenvalue weighted by Crippen LogP contribution is -2.07. The van der Waals surface area contributed by atoms with Crippen LogP contribution in [0.15, 0.2) is 60.8 Å². The molecule has 0 fully saturated rings. The molecule has 0 aliphatic carbocycles. The molecule has 0 saturated carbocycles. The van der Waals surface area contributed by atoms with Crippen LogP contribution < -0.4 is 0 Å². The first-order valence-electron chi connectivity index (χ1n) is 7.05. The monoisotopic (exact) mass is 328 g/mol. The predicted molar refractivity (Wildman–Crippen MR) is 84.3 cm³/mol. The summed E-state index contributed by atoms with van der Waals surface area (Å²) in [6.45, 7) is 0. The lowest BCUT2D eigenvalue weighted by Gasteiger charge is -2.09. The zero-order chi connectivity index (χ0) is 17.2. The Morgan fingerprint density at radius 1 is 0.958 bits per heavy atom.